The fraction of sp³-hybridized carbons (Fsp3) is 0.417. The zero-order valence-corrected chi connectivity index (χ0v) is 18.8. The van der Waals surface area contributed by atoms with Gasteiger partial charge in [0.15, 0.2) is 11.5 Å². The molecule has 0 aromatic heterocycles. The molecule has 0 unspecified atom stereocenters. The van der Waals surface area contributed by atoms with Crippen LogP contribution < -0.4 is 14.8 Å². The number of carbonyl (C=O) groups excluding carboxylic acids is 2. The standard InChI is InChI=1S/C24H31FN2O4/c1-16(2)24(29)27(15-19-6-9-20(25)10-7-19)17(3)23(28)26-13-12-18-8-11-21(30-4)22(14-18)31-5/h6-11,14,16-17H,12-13,15H2,1-5H3,(H,26,28)/t17-/m1/s1. The summed E-state index contributed by atoms with van der Waals surface area (Å²) < 4.78 is 23.8. The van der Waals surface area contributed by atoms with Crippen LogP contribution in [-0.2, 0) is 22.6 Å². The Hall–Kier alpha value is -3.09. The van der Waals surface area contributed by atoms with E-state index in [9.17, 15) is 14.0 Å². The van der Waals surface area contributed by atoms with Crippen molar-refractivity contribution < 1.29 is 23.5 Å². The van der Waals surface area contributed by atoms with Gasteiger partial charge in [0.2, 0.25) is 11.8 Å². The minimum Gasteiger partial charge on any atom is -0.493 e. The number of rotatable bonds is 10. The van der Waals surface area contributed by atoms with Gasteiger partial charge in [-0.25, -0.2) is 4.39 Å². The molecule has 2 rings (SSSR count). The lowest BCUT2D eigenvalue weighted by Gasteiger charge is -2.30. The van der Waals surface area contributed by atoms with Gasteiger partial charge in [0.25, 0.3) is 0 Å². The van der Waals surface area contributed by atoms with E-state index in [0.29, 0.717) is 24.5 Å². The van der Waals surface area contributed by atoms with Crippen molar-refractivity contribution in [2.45, 2.75) is 39.8 Å². The topological polar surface area (TPSA) is 67.9 Å². The second-order valence-corrected chi connectivity index (χ2v) is 7.65. The van der Waals surface area contributed by atoms with Gasteiger partial charge in [0.1, 0.15) is 11.9 Å². The van der Waals surface area contributed by atoms with Crippen molar-refractivity contribution in [1.29, 1.82) is 0 Å². The molecular formula is C24H31FN2O4. The summed E-state index contributed by atoms with van der Waals surface area (Å²) in [4.78, 5) is 27.0. The van der Waals surface area contributed by atoms with Gasteiger partial charge in [-0.1, -0.05) is 32.0 Å². The first kappa shape index (κ1) is 24.2. The molecule has 0 aliphatic rings. The van der Waals surface area contributed by atoms with Crippen LogP contribution in [0.25, 0.3) is 0 Å². The number of ether oxygens (including phenoxy) is 2. The summed E-state index contributed by atoms with van der Waals surface area (Å²) in [5.74, 6) is 0.303. The van der Waals surface area contributed by atoms with Gasteiger partial charge in [-0.2, -0.15) is 0 Å². The predicted molar refractivity (Wildman–Crippen MR) is 118 cm³/mol. The van der Waals surface area contributed by atoms with E-state index in [1.807, 2.05) is 18.2 Å². The van der Waals surface area contributed by atoms with Crippen LogP contribution in [-0.4, -0.2) is 43.5 Å². The molecule has 168 valence electrons. The average Bonchev–Trinajstić information content (AvgIpc) is 2.77. The Kier molecular flexibility index (Phi) is 8.85. The lowest BCUT2D eigenvalue weighted by molar-refractivity contribution is -0.143. The fourth-order valence-corrected chi connectivity index (χ4v) is 3.18. The molecule has 6 nitrogen and oxygen atoms in total. The highest BCUT2D eigenvalue weighted by molar-refractivity contribution is 5.88. The Morgan fingerprint density at radius 1 is 0.968 bits per heavy atom. The number of nitrogens with zero attached hydrogens (tertiary/aromatic N) is 1. The van der Waals surface area contributed by atoms with E-state index in [1.54, 1.807) is 47.1 Å². The van der Waals surface area contributed by atoms with Gasteiger partial charge in [-0.3, -0.25) is 9.59 Å². The van der Waals surface area contributed by atoms with Crippen molar-refractivity contribution in [3.63, 3.8) is 0 Å². The smallest absolute Gasteiger partial charge is 0.242 e. The Morgan fingerprint density at radius 3 is 2.16 bits per heavy atom. The molecule has 0 aliphatic heterocycles. The van der Waals surface area contributed by atoms with Crippen LogP contribution in [0.15, 0.2) is 42.5 Å². The van der Waals surface area contributed by atoms with Gasteiger partial charge in [-0.15, -0.1) is 0 Å². The summed E-state index contributed by atoms with van der Waals surface area (Å²) in [7, 11) is 3.15. The predicted octanol–water partition coefficient (Wildman–Crippen LogP) is 3.57. The largest absolute Gasteiger partial charge is 0.493 e. The summed E-state index contributed by atoms with van der Waals surface area (Å²) in [5, 5.41) is 2.90. The first-order chi connectivity index (χ1) is 14.8. The third-order valence-electron chi connectivity index (χ3n) is 5.05. The molecule has 7 heteroatoms. The van der Waals surface area contributed by atoms with Gasteiger partial charge < -0.3 is 19.7 Å². The first-order valence-corrected chi connectivity index (χ1v) is 10.3. The monoisotopic (exact) mass is 430 g/mol. The minimum atomic E-state index is -0.662. The van der Waals surface area contributed by atoms with Crippen LogP contribution in [0.3, 0.4) is 0 Å². The number of nitrogens with one attached hydrogen (secondary N) is 1. The van der Waals surface area contributed by atoms with Crippen molar-refractivity contribution in [3.05, 3.63) is 59.4 Å². The molecule has 0 aliphatic carbocycles. The highest BCUT2D eigenvalue weighted by Gasteiger charge is 2.27. The third kappa shape index (κ3) is 6.70. The van der Waals surface area contributed by atoms with E-state index in [4.69, 9.17) is 9.47 Å². The maximum absolute atomic E-state index is 13.2. The second-order valence-electron chi connectivity index (χ2n) is 7.65. The molecule has 1 N–H and O–H groups in total. The number of hydrogen-bond donors (Lipinski definition) is 1. The highest BCUT2D eigenvalue weighted by Crippen LogP contribution is 2.27. The van der Waals surface area contributed by atoms with Crippen molar-refractivity contribution in [1.82, 2.24) is 10.2 Å². The van der Waals surface area contributed by atoms with Gasteiger partial charge in [0.05, 0.1) is 14.2 Å². The first-order valence-electron chi connectivity index (χ1n) is 10.3. The highest BCUT2D eigenvalue weighted by atomic mass is 19.1. The van der Waals surface area contributed by atoms with Gasteiger partial charge in [0, 0.05) is 19.0 Å². The van der Waals surface area contributed by atoms with Crippen LogP contribution in [0.2, 0.25) is 0 Å². The number of amides is 2. The molecule has 2 aromatic carbocycles. The summed E-state index contributed by atoms with van der Waals surface area (Å²) in [6.45, 7) is 5.94. The van der Waals surface area contributed by atoms with Crippen LogP contribution >= 0.6 is 0 Å². The SMILES string of the molecule is COc1ccc(CCNC(=O)[C@@H](C)N(Cc2ccc(F)cc2)C(=O)C(C)C)cc1OC. The van der Waals surface area contributed by atoms with Crippen LogP contribution in [0.4, 0.5) is 4.39 Å². The van der Waals surface area contributed by atoms with Crippen molar-refractivity contribution in [2.75, 3.05) is 20.8 Å². The maximum Gasteiger partial charge on any atom is 0.242 e. The lowest BCUT2D eigenvalue weighted by Crippen LogP contribution is -2.49. The quantitative estimate of drug-likeness (QED) is 0.626. The number of methoxy groups -OCH3 is 2. The number of halogens is 1. The number of benzene rings is 2. The summed E-state index contributed by atoms with van der Waals surface area (Å²) >= 11 is 0. The van der Waals surface area contributed by atoms with Crippen LogP contribution in [0.5, 0.6) is 11.5 Å². The average molecular weight is 431 g/mol. The summed E-state index contributed by atoms with van der Waals surface area (Å²) in [5.41, 5.74) is 1.76. The fourth-order valence-electron chi connectivity index (χ4n) is 3.18. The Bertz CT molecular complexity index is 884. The van der Waals surface area contributed by atoms with E-state index in [0.717, 1.165) is 11.1 Å². The lowest BCUT2D eigenvalue weighted by atomic mass is 10.1. The molecule has 0 radical (unpaired) electrons. The summed E-state index contributed by atoms with van der Waals surface area (Å²) in [6.07, 6.45) is 0.606. The van der Waals surface area contributed by atoms with Gasteiger partial charge in [-0.05, 0) is 48.7 Å². The molecule has 1 atom stereocenters. The maximum atomic E-state index is 13.2. The zero-order valence-electron chi connectivity index (χ0n) is 18.8. The number of hydrogen-bond acceptors (Lipinski definition) is 4. The molecule has 0 spiro atoms. The third-order valence-corrected chi connectivity index (χ3v) is 5.05. The van der Waals surface area contributed by atoms with Crippen LogP contribution in [0.1, 0.15) is 31.9 Å². The summed E-state index contributed by atoms with van der Waals surface area (Å²) in [6, 6.07) is 10.9. The van der Waals surface area contributed by atoms with Gasteiger partial charge >= 0.3 is 0 Å². The van der Waals surface area contributed by atoms with Crippen molar-refractivity contribution in [3.8, 4) is 11.5 Å². The zero-order chi connectivity index (χ0) is 23.0. The Labute approximate surface area is 183 Å². The van der Waals surface area contributed by atoms with Crippen molar-refractivity contribution >= 4 is 11.8 Å². The Morgan fingerprint density at radius 2 is 1.58 bits per heavy atom. The number of carbonyl (C=O) groups is 2. The molecule has 0 heterocycles. The van der Waals surface area contributed by atoms with E-state index in [2.05, 4.69) is 5.32 Å². The second kappa shape index (κ2) is 11.3. The normalized spacial score (nSPS) is 11.7. The minimum absolute atomic E-state index is 0.133. The molecule has 0 saturated heterocycles. The molecule has 2 aromatic rings. The molecule has 2 amide bonds. The molecule has 0 fully saturated rings. The van der Waals surface area contributed by atoms with E-state index < -0.39 is 6.04 Å². The van der Waals surface area contributed by atoms with Crippen molar-refractivity contribution in [2.24, 2.45) is 5.92 Å². The molecule has 31 heavy (non-hydrogen) atoms. The Balaban J connectivity index is 2.01. The molecular weight excluding hydrogens is 399 g/mol. The van der Waals surface area contributed by atoms with E-state index in [1.165, 1.54) is 17.0 Å². The van der Waals surface area contributed by atoms with E-state index in [-0.39, 0.29) is 30.1 Å². The molecule has 0 saturated carbocycles. The molecule has 0 bridgehead atoms. The van der Waals surface area contributed by atoms with Crippen LogP contribution in [0, 0.1) is 11.7 Å². The van der Waals surface area contributed by atoms with E-state index >= 15 is 0 Å².